The molecule has 4 heteroatoms. The molecule has 0 saturated carbocycles. The van der Waals surface area contributed by atoms with Crippen LogP contribution in [0.1, 0.15) is 32.6 Å². The SMILES string of the molecule is CCOC(=O)CC(=O)CC1CCOCC1. The first-order valence-corrected chi connectivity index (χ1v) is 5.47. The molecule has 0 spiro atoms. The molecule has 0 radical (unpaired) electrons. The number of hydrogen-bond acceptors (Lipinski definition) is 4. The minimum atomic E-state index is -0.408. The highest BCUT2D eigenvalue weighted by molar-refractivity contribution is 5.95. The largest absolute Gasteiger partial charge is 0.466 e. The molecule has 1 aliphatic heterocycles. The van der Waals surface area contributed by atoms with Crippen molar-refractivity contribution in [2.45, 2.75) is 32.6 Å². The molecule has 0 aromatic rings. The van der Waals surface area contributed by atoms with Crippen molar-refractivity contribution in [1.29, 1.82) is 0 Å². The average molecular weight is 214 g/mol. The fourth-order valence-corrected chi connectivity index (χ4v) is 1.72. The zero-order valence-corrected chi connectivity index (χ0v) is 9.16. The Morgan fingerprint density at radius 2 is 2.00 bits per heavy atom. The van der Waals surface area contributed by atoms with Crippen molar-refractivity contribution in [1.82, 2.24) is 0 Å². The summed E-state index contributed by atoms with van der Waals surface area (Å²) in [4.78, 5) is 22.5. The van der Waals surface area contributed by atoms with Crippen molar-refractivity contribution in [3.05, 3.63) is 0 Å². The smallest absolute Gasteiger partial charge is 0.313 e. The maximum Gasteiger partial charge on any atom is 0.313 e. The van der Waals surface area contributed by atoms with Gasteiger partial charge in [-0.2, -0.15) is 0 Å². The van der Waals surface area contributed by atoms with E-state index in [2.05, 4.69) is 0 Å². The van der Waals surface area contributed by atoms with Gasteiger partial charge in [-0.3, -0.25) is 9.59 Å². The molecule has 0 aromatic carbocycles. The summed E-state index contributed by atoms with van der Waals surface area (Å²) < 4.78 is 9.92. The van der Waals surface area contributed by atoms with Crippen molar-refractivity contribution in [2.75, 3.05) is 19.8 Å². The number of carbonyl (C=O) groups is 2. The molecule has 1 heterocycles. The molecule has 0 atom stereocenters. The zero-order chi connectivity index (χ0) is 11.1. The van der Waals surface area contributed by atoms with E-state index in [9.17, 15) is 9.59 Å². The lowest BCUT2D eigenvalue weighted by Crippen LogP contribution is -2.20. The highest BCUT2D eigenvalue weighted by atomic mass is 16.5. The monoisotopic (exact) mass is 214 g/mol. The predicted octanol–water partition coefficient (Wildman–Crippen LogP) is 1.33. The van der Waals surface area contributed by atoms with E-state index in [1.807, 2.05) is 0 Å². The Morgan fingerprint density at radius 1 is 1.33 bits per heavy atom. The summed E-state index contributed by atoms with van der Waals surface area (Å²) in [6.07, 6.45) is 2.26. The highest BCUT2D eigenvalue weighted by Gasteiger charge is 2.19. The summed E-state index contributed by atoms with van der Waals surface area (Å²) in [6, 6.07) is 0. The lowest BCUT2D eigenvalue weighted by molar-refractivity contribution is -0.145. The van der Waals surface area contributed by atoms with Crippen molar-refractivity contribution >= 4 is 11.8 Å². The normalized spacial score (nSPS) is 17.4. The summed E-state index contributed by atoms with van der Waals surface area (Å²) in [5.41, 5.74) is 0. The molecule has 0 N–H and O–H groups in total. The second-order valence-corrected chi connectivity index (χ2v) is 3.78. The van der Waals surface area contributed by atoms with Crippen LogP contribution in [0.15, 0.2) is 0 Å². The van der Waals surface area contributed by atoms with E-state index in [4.69, 9.17) is 9.47 Å². The number of esters is 1. The standard InChI is InChI=1S/C11H18O4/c1-2-15-11(13)8-10(12)7-9-3-5-14-6-4-9/h9H,2-8H2,1H3. The maximum atomic E-state index is 11.5. The second kappa shape index (κ2) is 6.56. The zero-order valence-electron chi connectivity index (χ0n) is 9.16. The van der Waals surface area contributed by atoms with Crippen LogP contribution in [0.2, 0.25) is 0 Å². The van der Waals surface area contributed by atoms with Crippen LogP contribution in [0, 0.1) is 5.92 Å². The van der Waals surface area contributed by atoms with Crippen LogP contribution >= 0.6 is 0 Å². The maximum absolute atomic E-state index is 11.5. The molecular formula is C11H18O4. The number of carbonyl (C=O) groups excluding carboxylic acids is 2. The van der Waals surface area contributed by atoms with Crippen LogP contribution in [0.4, 0.5) is 0 Å². The Bertz CT molecular complexity index is 219. The third-order valence-corrected chi connectivity index (χ3v) is 2.50. The first kappa shape index (κ1) is 12.2. The lowest BCUT2D eigenvalue weighted by Gasteiger charge is -2.20. The third-order valence-electron chi connectivity index (χ3n) is 2.50. The van der Waals surface area contributed by atoms with Crippen molar-refractivity contribution in [3.8, 4) is 0 Å². The topological polar surface area (TPSA) is 52.6 Å². The molecule has 0 aliphatic carbocycles. The van der Waals surface area contributed by atoms with E-state index in [-0.39, 0.29) is 12.2 Å². The van der Waals surface area contributed by atoms with Gasteiger partial charge in [-0.25, -0.2) is 0 Å². The first-order chi connectivity index (χ1) is 7.22. The van der Waals surface area contributed by atoms with Gasteiger partial charge in [-0.1, -0.05) is 0 Å². The Balaban J connectivity index is 2.19. The number of Topliss-reactive ketones (excluding diaryl/α,β-unsaturated/α-hetero) is 1. The fourth-order valence-electron chi connectivity index (χ4n) is 1.72. The number of rotatable bonds is 5. The molecule has 4 nitrogen and oxygen atoms in total. The van der Waals surface area contributed by atoms with E-state index in [0.29, 0.717) is 18.9 Å². The summed E-state index contributed by atoms with van der Waals surface area (Å²) in [5.74, 6) is -0.0319. The van der Waals surface area contributed by atoms with Gasteiger partial charge in [0, 0.05) is 19.6 Å². The Labute approximate surface area is 89.9 Å². The van der Waals surface area contributed by atoms with E-state index in [1.165, 1.54) is 0 Å². The number of ether oxygens (including phenoxy) is 2. The minimum Gasteiger partial charge on any atom is -0.466 e. The molecule has 0 amide bonds. The molecule has 1 rings (SSSR count). The summed E-state index contributed by atoms with van der Waals surface area (Å²) >= 11 is 0. The van der Waals surface area contributed by atoms with Gasteiger partial charge in [0.25, 0.3) is 0 Å². The van der Waals surface area contributed by atoms with Crippen LogP contribution in [0.3, 0.4) is 0 Å². The molecule has 0 bridgehead atoms. The minimum absolute atomic E-state index is 0.0136. The first-order valence-electron chi connectivity index (χ1n) is 5.47. The van der Waals surface area contributed by atoms with E-state index >= 15 is 0 Å². The van der Waals surface area contributed by atoms with Gasteiger partial charge in [0.2, 0.25) is 0 Å². The molecule has 0 unspecified atom stereocenters. The third kappa shape index (κ3) is 4.93. The van der Waals surface area contributed by atoms with Gasteiger partial charge in [0.05, 0.1) is 6.61 Å². The van der Waals surface area contributed by atoms with Crippen LogP contribution < -0.4 is 0 Å². The van der Waals surface area contributed by atoms with E-state index < -0.39 is 5.97 Å². The van der Waals surface area contributed by atoms with Gasteiger partial charge in [0.1, 0.15) is 12.2 Å². The molecule has 86 valence electrons. The number of hydrogen-bond donors (Lipinski definition) is 0. The summed E-state index contributed by atoms with van der Waals surface area (Å²) in [7, 11) is 0. The van der Waals surface area contributed by atoms with Gasteiger partial charge >= 0.3 is 5.97 Å². The van der Waals surface area contributed by atoms with Crippen LogP contribution in [-0.4, -0.2) is 31.6 Å². The van der Waals surface area contributed by atoms with Gasteiger partial charge < -0.3 is 9.47 Å². The van der Waals surface area contributed by atoms with Crippen LogP contribution in [0.5, 0.6) is 0 Å². The van der Waals surface area contributed by atoms with Gasteiger partial charge in [-0.05, 0) is 25.7 Å². The van der Waals surface area contributed by atoms with Crippen molar-refractivity contribution < 1.29 is 19.1 Å². The van der Waals surface area contributed by atoms with Gasteiger partial charge in [0.15, 0.2) is 0 Å². The predicted molar refractivity (Wildman–Crippen MR) is 54.4 cm³/mol. The van der Waals surface area contributed by atoms with Crippen LogP contribution in [0.25, 0.3) is 0 Å². The quantitative estimate of drug-likeness (QED) is 0.511. The Kier molecular flexibility index (Phi) is 5.32. The van der Waals surface area contributed by atoms with Crippen LogP contribution in [-0.2, 0) is 19.1 Å². The van der Waals surface area contributed by atoms with Crippen molar-refractivity contribution in [3.63, 3.8) is 0 Å². The Hall–Kier alpha value is -0.900. The van der Waals surface area contributed by atoms with Gasteiger partial charge in [-0.15, -0.1) is 0 Å². The summed E-state index contributed by atoms with van der Waals surface area (Å²) in [5, 5.41) is 0. The summed E-state index contributed by atoms with van der Waals surface area (Å²) in [6.45, 7) is 3.54. The lowest BCUT2D eigenvalue weighted by atomic mass is 9.93. The highest BCUT2D eigenvalue weighted by Crippen LogP contribution is 2.19. The number of ketones is 1. The van der Waals surface area contributed by atoms with Crippen molar-refractivity contribution in [2.24, 2.45) is 5.92 Å². The molecule has 15 heavy (non-hydrogen) atoms. The van der Waals surface area contributed by atoms with E-state index in [0.717, 1.165) is 26.1 Å². The molecule has 0 aromatic heterocycles. The second-order valence-electron chi connectivity index (χ2n) is 3.78. The average Bonchev–Trinajstić information content (AvgIpc) is 2.19. The molecule has 1 aliphatic rings. The fraction of sp³-hybridized carbons (Fsp3) is 0.818. The van der Waals surface area contributed by atoms with E-state index in [1.54, 1.807) is 6.92 Å². The molecule has 1 saturated heterocycles. The molecule has 1 fully saturated rings. The Morgan fingerprint density at radius 3 is 2.60 bits per heavy atom. The molecular weight excluding hydrogens is 196 g/mol.